The van der Waals surface area contributed by atoms with Crippen LogP contribution in [0.4, 0.5) is 0 Å². The molecule has 0 amide bonds. The fourth-order valence-corrected chi connectivity index (χ4v) is 1.52. The summed E-state index contributed by atoms with van der Waals surface area (Å²) in [4.78, 5) is 4.65. The van der Waals surface area contributed by atoms with Gasteiger partial charge in [0.25, 0.3) is 0 Å². The van der Waals surface area contributed by atoms with Crippen LogP contribution in [0.1, 0.15) is 6.42 Å². The Kier molecular flexibility index (Phi) is 9.78. The number of oxime groups is 1. The molecule has 0 atom stereocenters. The largest absolute Gasteiger partial charge is 0.491 e. The van der Waals surface area contributed by atoms with Crippen LogP contribution < -0.4 is 4.74 Å². The number of para-hydroxylation sites is 1. The third-order valence-corrected chi connectivity index (χ3v) is 2.51. The Morgan fingerprint density at radius 3 is 2.57 bits per heavy atom. The van der Waals surface area contributed by atoms with Gasteiger partial charge in [-0.2, -0.15) is 0 Å². The van der Waals surface area contributed by atoms with E-state index in [1.807, 2.05) is 30.3 Å². The summed E-state index contributed by atoms with van der Waals surface area (Å²) < 4.78 is 16.4. The van der Waals surface area contributed by atoms with Gasteiger partial charge < -0.3 is 19.0 Å². The molecule has 0 spiro atoms. The number of hydrogen-bond donors (Lipinski definition) is 0. The predicted octanol–water partition coefficient (Wildman–Crippen LogP) is 2.68. The van der Waals surface area contributed by atoms with Gasteiger partial charge in [0.05, 0.1) is 13.2 Å². The molecule has 5 nitrogen and oxygen atoms in total. The number of ether oxygens (including phenoxy) is 3. The third kappa shape index (κ3) is 8.83. The lowest BCUT2D eigenvalue weighted by atomic mass is 10.3. The summed E-state index contributed by atoms with van der Waals surface area (Å²) in [5.74, 6) is 0.860. The highest BCUT2D eigenvalue weighted by Crippen LogP contribution is 2.07. The van der Waals surface area contributed by atoms with E-state index in [-0.39, 0.29) is 0 Å². The maximum atomic E-state index is 5.51. The maximum Gasteiger partial charge on any atom is 0.119 e. The summed E-state index contributed by atoms with van der Waals surface area (Å²) in [6, 6.07) is 9.69. The molecule has 1 aromatic carbocycles. The SMILES string of the molecule is C=C/C(COCCCOCCOc1ccccc1)=N\OC. The van der Waals surface area contributed by atoms with Crippen LogP contribution in [-0.4, -0.2) is 45.9 Å². The summed E-state index contributed by atoms with van der Waals surface area (Å²) in [5.41, 5.74) is 0.676. The van der Waals surface area contributed by atoms with Crippen molar-refractivity contribution in [3.8, 4) is 5.75 Å². The van der Waals surface area contributed by atoms with Crippen LogP contribution in [0.15, 0.2) is 48.1 Å². The minimum Gasteiger partial charge on any atom is -0.491 e. The van der Waals surface area contributed by atoms with E-state index in [9.17, 15) is 0 Å². The molecule has 0 aromatic heterocycles. The van der Waals surface area contributed by atoms with E-state index in [1.165, 1.54) is 7.11 Å². The van der Waals surface area contributed by atoms with Crippen molar-refractivity contribution in [3.05, 3.63) is 43.0 Å². The molecule has 116 valence electrons. The number of nitrogens with zero attached hydrogens (tertiary/aromatic N) is 1. The van der Waals surface area contributed by atoms with E-state index in [0.29, 0.717) is 38.7 Å². The molecule has 0 aliphatic rings. The van der Waals surface area contributed by atoms with E-state index in [0.717, 1.165) is 12.2 Å². The van der Waals surface area contributed by atoms with Crippen molar-refractivity contribution in [1.29, 1.82) is 0 Å². The first-order valence-electron chi connectivity index (χ1n) is 6.92. The molecule has 0 saturated carbocycles. The van der Waals surface area contributed by atoms with Crippen LogP contribution in [0.25, 0.3) is 0 Å². The average Bonchev–Trinajstić information content (AvgIpc) is 2.53. The fraction of sp³-hybridized carbons (Fsp3) is 0.438. The summed E-state index contributed by atoms with van der Waals surface area (Å²) in [7, 11) is 1.49. The molecule has 21 heavy (non-hydrogen) atoms. The molecule has 0 unspecified atom stereocenters. The Bertz CT molecular complexity index is 406. The van der Waals surface area contributed by atoms with Gasteiger partial charge in [-0.15, -0.1) is 0 Å². The van der Waals surface area contributed by atoms with Gasteiger partial charge in [0, 0.05) is 13.2 Å². The minimum absolute atomic E-state index is 0.397. The van der Waals surface area contributed by atoms with E-state index in [1.54, 1.807) is 6.08 Å². The second-order valence-corrected chi connectivity index (χ2v) is 4.15. The highest BCUT2D eigenvalue weighted by Gasteiger charge is 1.96. The number of benzene rings is 1. The molecule has 5 heteroatoms. The average molecular weight is 293 g/mol. The number of hydrogen-bond acceptors (Lipinski definition) is 5. The molecule has 0 aliphatic heterocycles. The Labute approximate surface area is 126 Å². The van der Waals surface area contributed by atoms with Crippen molar-refractivity contribution in [1.82, 2.24) is 0 Å². The second kappa shape index (κ2) is 11.9. The monoisotopic (exact) mass is 293 g/mol. The minimum atomic E-state index is 0.397. The molecular formula is C16H23NO4. The van der Waals surface area contributed by atoms with Crippen molar-refractivity contribution < 1.29 is 19.0 Å². The Morgan fingerprint density at radius 2 is 1.86 bits per heavy atom. The molecule has 0 aliphatic carbocycles. The summed E-state index contributed by atoms with van der Waals surface area (Å²) in [6.07, 6.45) is 2.43. The quantitative estimate of drug-likeness (QED) is 0.338. The lowest BCUT2D eigenvalue weighted by Gasteiger charge is -2.07. The maximum absolute atomic E-state index is 5.51. The van der Waals surface area contributed by atoms with Crippen molar-refractivity contribution in [2.45, 2.75) is 6.42 Å². The van der Waals surface area contributed by atoms with Crippen LogP contribution in [0.2, 0.25) is 0 Å². The molecule has 0 bridgehead atoms. The van der Waals surface area contributed by atoms with Gasteiger partial charge in [-0.05, 0) is 24.6 Å². The highest BCUT2D eigenvalue weighted by molar-refractivity contribution is 5.95. The first kappa shape index (κ1) is 17.2. The molecule has 1 rings (SSSR count). The lowest BCUT2D eigenvalue weighted by Crippen LogP contribution is -2.11. The Morgan fingerprint density at radius 1 is 1.10 bits per heavy atom. The molecular weight excluding hydrogens is 270 g/mol. The third-order valence-electron chi connectivity index (χ3n) is 2.51. The van der Waals surface area contributed by atoms with Crippen molar-refractivity contribution in [2.24, 2.45) is 5.16 Å². The van der Waals surface area contributed by atoms with Crippen LogP contribution in [0.5, 0.6) is 5.75 Å². The van der Waals surface area contributed by atoms with Gasteiger partial charge in [0.15, 0.2) is 0 Å². The second-order valence-electron chi connectivity index (χ2n) is 4.15. The standard InChI is InChI=1S/C16H23NO4/c1-3-15(17-18-2)14-20-11-7-10-19-12-13-21-16-8-5-4-6-9-16/h3-6,8-9H,1,7,10-14H2,2H3/b17-15+. The summed E-state index contributed by atoms with van der Waals surface area (Å²) in [6.45, 7) is 6.39. The molecule has 0 N–H and O–H groups in total. The topological polar surface area (TPSA) is 49.3 Å². The zero-order valence-corrected chi connectivity index (χ0v) is 12.5. The smallest absolute Gasteiger partial charge is 0.119 e. The molecule has 0 radical (unpaired) electrons. The van der Waals surface area contributed by atoms with E-state index >= 15 is 0 Å². The van der Waals surface area contributed by atoms with E-state index in [2.05, 4.69) is 16.6 Å². The predicted molar refractivity (Wildman–Crippen MR) is 82.8 cm³/mol. The normalized spacial score (nSPS) is 11.2. The first-order chi connectivity index (χ1) is 10.4. The fourth-order valence-electron chi connectivity index (χ4n) is 1.52. The van der Waals surface area contributed by atoms with Crippen molar-refractivity contribution in [3.63, 3.8) is 0 Å². The molecule has 0 fully saturated rings. The Balaban J connectivity index is 1.91. The lowest BCUT2D eigenvalue weighted by molar-refractivity contribution is 0.0761. The van der Waals surface area contributed by atoms with Gasteiger partial charge in [-0.1, -0.05) is 29.9 Å². The van der Waals surface area contributed by atoms with Crippen molar-refractivity contribution in [2.75, 3.05) is 40.1 Å². The van der Waals surface area contributed by atoms with Gasteiger partial charge in [0.1, 0.15) is 25.2 Å². The van der Waals surface area contributed by atoms with Crippen LogP contribution in [-0.2, 0) is 14.3 Å². The van der Waals surface area contributed by atoms with E-state index < -0.39 is 0 Å². The van der Waals surface area contributed by atoms with Gasteiger partial charge in [-0.25, -0.2) is 0 Å². The van der Waals surface area contributed by atoms with Crippen molar-refractivity contribution >= 4 is 5.71 Å². The van der Waals surface area contributed by atoms with Gasteiger partial charge >= 0.3 is 0 Å². The number of rotatable bonds is 12. The summed E-state index contributed by atoms with van der Waals surface area (Å²) >= 11 is 0. The van der Waals surface area contributed by atoms with E-state index in [4.69, 9.17) is 14.2 Å². The molecule has 0 saturated heterocycles. The van der Waals surface area contributed by atoms with Gasteiger partial charge in [0.2, 0.25) is 0 Å². The summed E-state index contributed by atoms with van der Waals surface area (Å²) in [5, 5.41) is 3.76. The van der Waals surface area contributed by atoms with Crippen LogP contribution >= 0.6 is 0 Å². The van der Waals surface area contributed by atoms with Gasteiger partial charge in [-0.3, -0.25) is 0 Å². The van der Waals surface area contributed by atoms with Crippen LogP contribution in [0.3, 0.4) is 0 Å². The highest BCUT2D eigenvalue weighted by atomic mass is 16.6. The van der Waals surface area contributed by atoms with Crippen LogP contribution in [0, 0.1) is 0 Å². The first-order valence-corrected chi connectivity index (χ1v) is 6.92. The molecule has 0 heterocycles. The Hall–Kier alpha value is -1.85. The zero-order chi connectivity index (χ0) is 15.2. The molecule has 1 aromatic rings. The zero-order valence-electron chi connectivity index (χ0n) is 12.5.